The summed E-state index contributed by atoms with van der Waals surface area (Å²) in [7, 11) is 1.47. The Morgan fingerprint density at radius 2 is 2.10 bits per heavy atom. The van der Waals surface area contributed by atoms with E-state index in [0.29, 0.717) is 5.56 Å². The maximum Gasteiger partial charge on any atom is 0.305 e. The van der Waals surface area contributed by atoms with Crippen LogP contribution >= 0.6 is 15.9 Å². The topological polar surface area (TPSA) is 75.6 Å². The number of nitrogens with one attached hydrogen (secondary N) is 1. The van der Waals surface area contributed by atoms with Crippen molar-refractivity contribution in [2.75, 3.05) is 13.7 Å². The van der Waals surface area contributed by atoms with Gasteiger partial charge in [0.25, 0.3) is 5.91 Å². The third-order valence-electron chi connectivity index (χ3n) is 2.85. The number of rotatable bonds is 6. The average molecular weight is 344 g/mol. The van der Waals surface area contributed by atoms with Crippen LogP contribution in [0.1, 0.15) is 29.3 Å². The molecule has 1 aromatic carbocycles. The molecular formula is C14H18BrNO4. The van der Waals surface area contributed by atoms with E-state index < -0.39 is 11.5 Å². The van der Waals surface area contributed by atoms with E-state index in [2.05, 4.69) is 21.2 Å². The van der Waals surface area contributed by atoms with Crippen LogP contribution in [0.15, 0.2) is 22.7 Å². The maximum atomic E-state index is 12.3. The van der Waals surface area contributed by atoms with E-state index in [1.165, 1.54) is 7.11 Å². The summed E-state index contributed by atoms with van der Waals surface area (Å²) in [6, 6.07) is 5.30. The largest absolute Gasteiger partial charge is 0.481 e. The van der Waals surface area contributed by atoms with Crippen molar-refractivity contribution in [3.8, 4) is 0 Å². The molecule has 2 N–H and O–H groups in total. The summed E-state index contributed by atoms with van der Waals surface area (Å²) in [5, 5.41) is 11.7. The highest BCUT2D eigenvalue weighted by molar-refractivity contribution is 9.10. The van der Waals surface area contributed by atoms with Gasteiger partial charge in [0.05, 0.1) is 18.6 Å². The van der Waals surface area contributed by atoms with E-state index in [4.69, 9.17) is 9.84 Å². The number of carboxylic acids is 1. The number of hydrogen-bond acceptors (Lipinski definition) is 3. The molecule has 20 heavy (non-hydrogen) atoms. The smallest absolute Gasteiger partial charge is 0.305 e. The standard InChI is InChI=1S/C14H18BrNO4/c1-9-6-10(15)4-5-11(9)13(19)16-14(2,8-20-3)7-12(17)18/h4-6H,7-8H2,1-3H3,(H,16,19)(H,17,18). The summed E-state index contributed by atoms with van der Waals surface area (Å²) >= 11 is 3.33. The fraction of sp³-hybridized carbons (Fsp3) is 0.429. The summed E-state index contributed by atoms with van der Waals surface area (Å²) in [6.07, 6.45) is -0.206. The van der Waals surface area contributed by atoms with Crippen molar-refractivity contribution in [1.29, 1.82) is 0 Å². The zero-order valence-electron chi connectivity index (χ0n) is 11.7. The number of amides is 1. The van der Waals surface area contributed by atoms with Crippen LogP contribution < -0.4 is 5.32 Å². The molecule has 1 amide bonds. The van der Waals surface area contributed by atoms with Crippen molar-refractivity contribution in [1.82, 2.24) is 5.32 Å². The SMILES string of the molecule is COCC(C)(CC(=O)O)NC(=O)c1ccc(Br)cc1C. The van der Waals surface area contributed by atoms with Crippen molar-refractivity contribution in [2.45, 2.75) is 25.8 Å². The molecule has 1 aromatic rings. The summed E-state index contributed by atoms with van der Waals surface area (Å²) in [5.41, 5.74) is 0.380. The molecule has 0 saturated heterocycles. The summed E-state index contributed by atoms with van der Waals surface area (Å²) < 4.78 is 5.89. The molecule has 0 aromatic heterocycles. The fourth-order valence-electron chi connectivity index (χ4n) is 2.01. The molecule has 6 heteroatoms. The van der Waals surface area contributed by atoms with Crippen LogP contribution in [0.3, 0.4) is 0 Å². The van der Waals surface area contributed by atoms with Gasteiger partial charge >= 0.3 is 5.97 Å². The number of methoxy groups -OCH3 is 1. The Morgan fingerprint density at radius 1 is 1.45 bits per heavy atom. The molecule has 0 heterocycles. The van der Waals surface area contributed by atoms with Crippen molar-refractivity contribution < 1.29 is 19.4 Å². The van der Waals surface area contributed by atoms with Crippen LogP contribution in [0.25, 0.3) is 0 Å². The number of aliphatic carboxylic acids is 1. The average Bonchev–Trinajstić information content (AvgIpc) is 2.26. The minimum Gasteiger partial charge on any atom is -0.481 e. The number of benzene rings is 1. The Labute approximate surface area is 126 Å². The Hall–Kier alpha value is -1.40. The van der Waals surface area contributed by atoms with Gasteiger partial charge in [-0.05, 0) is 37.6 Å². The van der Waals surface area contributed by atoms with Gasteiger partial charge in [0.2, 0.25) is 0 Å². The molecule has 0 spiro atoms. The number of carboxylic acid groups (broad SMARTS) is 1. The van der Waals surface area contributed by atoms with Gasteiger partial charge in [-0.25, -0.2) is 0 Å². The summed E-state index contributed by atoms with van der Waals surface area (Å²) in [6.45, 7) is 3.60. The van der Waals surface area contributed by atoms with Crippen LogP contribution in [0.2, 0.25) is 0 Å². The van der Waals surface area contributed by atoms with Crippen LogP contribution in [0, 0.1) is 6.92 Å². The lowest BCUT2D eigenvalue weighted by Crippen LogP contribution is -2.50. The predicted molar refractivity (Wildman–Crippen MR) is 78.9 cm³/mol. The van der Waals surface area contributed by atoms with Gasteiger partial charge in [-0.15, -0.1) is 0 Å². The molecule has 0 saturated carbocycles. The third kappa shape index (κ3) is 4.61. The summed E-state index contributed by atoms with van der Waals surface area (Å²) in [4.78, 5) is 23.2. The third-order valence-corrected chi connectivity index (χ3v) is 3.35. The Balaban J connectivity index is 2.93. The van der Waals surface area contributed by atoms with Crippen molar-refractivity contribution in [2.24, 2.45) is 0 Å². The molecular weight excluding hydrogens is 326 g/mol. The fourth-order valence-corrected chi connectivity index (χ4v) is 2.48. The normalized spacial score (nSPS) is 13.6. The first-order valence-corrected chi connectivity index (χ1v) is 6.86. The van der Waals surface area contributed by atoms with E-state index in [0.717, 1.165) is 10.0 Å². The Kier molecular flexibility index (Phi) is 5.71. The summed E-state index contributed by atoms with van der Waals surface area (Å²) in [5.74, 6) is -1.30. The molecule has 0 aliphatic carbocycles. The van der Waals surface area contributed by atoms with E-state index in [-0.39, 0.29) is 18.9 Å². The highest BCUT2D eigenvalue weighted by Crippen LogP contribution is 2.18. The first kappa shape index (κ1) is 16.7. The van der Waals surface area contributed by atoms with Crippen LogP contribution in [0.5, 0.6) is 0 Å². The molecule has 1 atom stereocenters. The second kappa shape index (κ2) is 6.85. The number of ether oxygens (including phenoxy) is 1. The second-order valence-corrected chi connectivity index (χ2v) is 5.89. The van der Waals surface area contributed by atoms with E-state index in [1.54, 1.807) is 19.1 Å². The number of carbonyl (C=O) groups excluding carboxylic acids is 1. The lowest BCUT2D eigenvalue weighted by Gasteiger charge is -2.28. The first-order chi connectivity index (χ1) is 9.27. The zero-order valence-corrected chi connectivity index (χ0v) is 13.3. The monoisotopic (exact) mass is 343 g/mol. The molecule has 0 aliphatic rings. The van der Waals surface area contributed by atoms with Crippen molar-refractivity contribution in [3.63, 3.8) is 0 Å². The predicted octanol–water partition coefficient (Wildman–Crippen LogP) is 2.37. The van der Waals surface area contributed by atoms with E-state index in [1.807, 2.05) is 13.0 Å². The lowest BCUT2D eigenvalue weighted by atomic mass is 9.97. The van der Waals surface area contributed by atoms with Gasteiger partial charge in [0.15, 0.2) is 0 Å². The molecule has 1 rings (SSSR count). The van der Waals surface area contributed by atoms with E-state index in [9.17, 15) is 9.59 Å². The number of halogens is 1. The molecule has 0 aliphatic heterocycles. The molecule has 0 fully saturated rings. The molecule has 0 radical (unpaired) electrons. The maximum absolute atomic E-state index is 12.3. The first-order valence-electron chi connectivity index (χ1n) is 6.07. The van der Waals surface area contributed by atoms with Gasteiger partial charge < -0.3 is 15.2 Å². The quantitative estimate of drug-likeness (QED) is 0.831. The van der Waals surface area contributed by atoms with Gasteiger partial charge in [-0.3, -0.25) is 9.59 Å². The van der Waals surface area contributed by atoms with Crippen molar-refractivity contribution >= 4 is 27.8 Å². The minimum atomic E-state index is -0.989. The second-order valence-electron chi connectivity index (χ2n) is 4.98. The van der Waals surface area contributed by atoms with Crippen LogP contribution in [-0.4, -0.2) is 36.2 Å². The van der Waals surface area contributed by atoms with Gasteiger partial charge in [0.1, 0.15) is 0 Å². The van der Waals surface area contributed by atoms with Crippen LogP contribution in [0.4, 0.5) is 0 Å². The van der Waals surface area contributed by atoms with Crippen LogP contribution in [-0.2, 0) is 9.53 Å². The number of carbonyl (C=O) groups is 2. The molecule has 5 nitrogen and oxygen atoms in total. The Morgan fingerprint density at radius 3 is 2.60 bits per heavy atom. The molecule has 110 valence electrons. The number of aryl methyl sites for hydroxylation is 1. The number of hydrogen-bond donors (Lipinski definition) is 2. The van der Waals surface area contributed by atoms with Gasteiger partial charge in [-0.2, -0.15) is 0 Å². The highest BCUT2D eigenvalue weighted by atomic mass is 79.9. The lowest BCUT2D eigenvalue weighted by molar-refractivity contribution is -0.139. The van der Waals surface area contributed by atoms with Gasteiger partial charge in [-0.1, -0.05) is 15.9 Å². The zero-order chi connectivity index (χ0) is 15.3. The minimum absolute atomic E-state index is 0.126. The van der Waals surface area contributed by atoms with Crippen molar-refractivity contribution in [3.05, 3.63) is 33.8 Å². The molecule has 1 unspecified atom stereocenters. The highest BCUT2D eigenvalue weighted by Gasteiger charge is 2.30. The Bertz CT molecular complexity index is 518. The molecule has 0 bridgehead atoms. The van der Waals surface area contributed by atoms with Gasteiger partial charge in [0, 0.05) is 17.1 Å². The van der Waals surface area contributed by atoms with E-state index >= 15 is 0 Å².